The quantitative estimate of drug-likeness (QED) is 0.281. The Labute approximate surface area is 220 Å². The number of piperidine rings is 1. The zero-order chi connectivity index (χ0) is 25.5. The van der Waals surface area contributed by atoms with Gasteiger partial charge in [0.25, 0.3) is 0 Å². The van der Waals surface area contributed by atoms with Crippen molar-refractivity contribution in [3.63, 3.8) is 0 Å². The van der Waals surface area contributed by atoms with Gasteiger partial charge in [-0.05, 0) is 60.7 Å². The third-order valence-electron chi connectivity index (χ3n) is 7.39. The zero-order valence-electron chi connectivity index (χ0n) is 21.4. The number of rotatable bonds is 9. The van der Waals surface area contributed by atoms with Crippen LogP contribution in [0.5, 0.6) is 11.5 Å². The summed E-state index contributed by atoms with van der Waals surface area (Å²) in [5, 5.41) is 12.0. The van der Waals surface area contributed by atoms with Gasteiger partial charge in [0.2, 0.25) is 0 Å². The molecule has 4 nitrogen and oxygen atoms in total. The van der Waals surface area contributed by atoms with Gasteiger partial charge in [-0.2, -0.15) is 0 Å². The van der Waals surface area contributed by atoms with E-state index in [-0.39, 0.29) is 6.04 Å². The van der Waals surface area contributed by atoms with E-state index in [2.05, 4.69) is 36.1 Å². The van der Waals surface area contributed by atoms with Crippen LogP contribution < -0.4 is 9.47 Å². The fourth-order valence-corrected chi connectivity index (χ4v) is 5.16. The fraction of sp³-hybridized carbons (Fsp3) is 0.273. The second kappa shape index (κ2) is 11.6. The molecule has 190 valence electrons. The van der Waals surface area contributed by atoms with Crippen LogP contribution in [0.4, 0.5) is 0 Å². The number of ether oxygens (including phenoxy) is 2. The Morgan fingerprint density at radius 1 is 0.730 bits per heavy atom. The third kappa shape index (κ3) is 6.04. The molecule has 1 aliphatic rings. The summed E-state index contributed by atoms with van der Waals surface area (Å²) in [5.74, 6) is 1.33. The van der Waals surface area contributed by atoms with E-state index in [1.807, 2.05) is 84.9 Å². The fourth-order valence-electron chi connectivity index (χ4n) is 5.16. The van der Waals surface area contributed by atoms with E-state index < -0.39 is 5.60 Å². The van der Waals surface area contributed by atoms with E-state index >= 15 is 0 Å². The molecular formula is C33H35NO3. The Balaban J connectivity index is 1.40. The summed E-state index contributed by atoms with van der Waals surface area (Å²) in [6, 6.07) is 36.6. The monoisotopic (exact) mass is 493 g/mol. The van der Waals surface area contributed by atoms with E-state index in [9.17, 15) is 5.11 Å². The van der Waals surface area contributed by atoms with E-state index in [0.717, 1.165) is 36.2 Å². The second-order valence-corrected chi connectivity index (χ2v) is 9.87. The molecule has 1 saturated heterocycles. The molecule has 0 aromatic heterocycles. The van der Waals surface area contributed by atoms with Crippen molar-refractivity contribution in [1.29, 1.82) is 0 Å². The molecule has 2 unspecified atom stereocenters. The van der Waals surface area contributed by atoms with Crippen LogP contribution in [0.1, 0.15) is 42.0 Å². The van der Waals surface area contributed by atoms with Crippen LogP contribution in [-0.2, 0) is 25.4 Å². The highest BCUT2D eigenvalue weighted by Crippen LogP contribution is 2.41. The van der Waals surface area contributed by atoms with Gasteiger partial charge in [0.05, 0.1) is 0 Å². The zero-order valence-corrected chi connectivity index (χ0v) is 21.4. The number of hydrogen-bond acceptors (Lipinski definition) is 4. The van der Waals surface area contributed by atoms with Crippen LogP contribution in [0.2, 0.25) is 0 Å². The molecule has 2 atom stereocenters. The molecule has 0 bridgehead atoms. The minimum absolute atomic E-state index is 0.0421. The molecule has 4 aromatic carbocycles. The molecule has 0 amide bonds. The largest absolute Gasteiger partial charge is 0.485 e. The van der Waals surface area contributed by atoms with Gasteiger partial charge < -0.3 is 14.6 Å². The van der Waals surface area contributed by atoms with Crippen molar-refractivity contribution in [2.24, 2.45) is 0 Å². The van der Waals surface area contributed by atoms with Gasteiger partial charge in [0, 0.05) is 12.6 Å². The topological polar surface area (TPSA) is 41.9 Å². The van der Waals surface area contributed by atoms with Crippen molar-refractivity contribution in [3.8, 4) is 11.5 Å². The Morgan fingerprint density at radius 2 is 1.27 bits per heavy atom. The van der Waals surface area contributed by atoms with Gasteiger partial charge >= 0.3 is 0 Å². The predicted molar refractivity (Wildman–Crippen MR) is 147 cm³/mol. The summed E-state index contributed by atoms with van der Waals surface area (Å²) in [5.41, 5.74) is 3.33. The molecule has 0 spiro atoms. The minimum atomic E-state index is -0.976. The minimum Gasteiger partial charge on any atom is -0.485 e. The molecule has 0 radical (unpaired) electrons. The van der Waals surface area contributed by atoms with Crippen LogP contribution in [0, 0.1) is 0 Å². The maximum absolute atomic E-state index is 12.0. The summed E-state index contributed by atoms with van der Waals surface area (Å²) in [7, 11) is 0. The Bertz CT molecular complexity index is 1260. The molecule has 1 fully saturated rings. The van der Waals surface area contributed by atoms with Crippen LogP contribution in [0.25, 0.3) is 0 Å². The van der Waals surface area contributed by atoms with Crippen molar-refractivity contribution in [1.82, 2.24) is 4.90 Å². The van der Waals surface area contributed by atoms with Gasteiger partial charge in [-0.25, -0.2) is 0 Å². The van der Waals surface area contributed by atoms with Gasteiger partial charge in [-0.3, -0.25) is 4.90 Å². The van der Waals surface area contributed by atoms with Crippen LogP contribution in [0.3, 0.4) is 0 Å². The first-order valence-corrected chi connectivity index (χ1v) is 13.1. The first-order chi connectivity index (χ1) is 18.1. The van der Waals surface area contributed by atoms with Gasteiger partial charge in [0.15, 0.2) is 11.5 Å². The lowest BCUT2D eigenvalue weighted by Gasteiger charge is -2.46. The lowest BCUT2D eigenvalue weighted by Crippen LogP contribution is -2.52. The van der Waals surface area contributed by atoms with Crippen molar-refractivity contribution in [2.45, 2.75) is 51.2 Å². The summed E-state index contributed by atoms with van der Waals surface area (Å²) in [6.07, 6.45) is 1.64. The van der Waals surface area contributed by atoms with Crippen molar-refractivity contribution in [3.05, 3.63) is 131 Å². The Kier molecular flexibility index (Phi) is 7.88. The predicted octanol–water partition coefficient (Wildman–Crippen LogP) is 6.72. The van der Waals surface area contributed by atoms with Gasteiger partial charge in [0.1, 0.15) is 18.8 Å². The summed E-state index contributed by atoms with van der Waals surface area (Å²) >= 11 is 0. The first kappa shape index (κ1) is 25.1. The van der Waals surface area contributed by atoms with Crippen molar-refractivity contribution < 1.29 is 14.6 Å². The van der Waals surface area contributed by atoms with Crippen molar-refractivity contribution >= 4 is 0 Å². The number of nitrogens with zero attached hydrogens (tertiary/aromatic N) is 1. The summed E-state index contributed by atoms with van der Waals surface area (Å²) < 4.78 is 12.5. The van der Waals surface area contributed by atoms with Crippen LogP contribution in [-0.4, -0.2) is 22.6 Å². The maximum atomic E-state index is 12.0. The molecule has 1 heterocycles. The molecule has 1 N–H and O–H groups in total. The van der Waals surface area contributed by atoms with Crippen LogP contribution >= 0.6 is 0 Å². The number of benzene rings is 4. The average Bonchev–Trinajstić information content (AvgIpc) is 2.95. The summed E-state index contributed by atoms with van der Waals surface area (Å²) in [6.45, 7) is 4.80. The third-order valence-corrected chi connectivity index (χ3v) is 7.39. The second-order valence-electron chi connectivity index (χ2n) is 9.87. The smallest absolute Gasteiger partial charge is 0.162 e. The van der Waals surface area contributed by atoms with Crippen molar-refractivity contribution in [2.75, 3.05) is 6.54 Å². The number of hydrogen-bond donors (Lipinski definition) is 1. The standard InChI is InChI=1S/C33H35NO3/c1-26-33(35,20-11-21-34(26)23-27-12-5-2-6-13-27)30-18-19-31(36-24-28-14-7-3-8-15-28)32(22-30)37-25-29-16-9-4-10-17-29/h2-10,12-19,22,26,35H,11,20-21,23-25H2,1H3. The Hall–Kier alpha value is -3.60. The normalized spacial score (nSPS) is 19.9. The number of aliphatic hydroxyl groups is 1. The SMILES string of the molecule is CC1N(Cc2ccccc2)CCCC1(O)c1ccc(OCc2ccccc2)c(OCc2ccccc2)c1. The highest BCUT2D eigenvalue weighted by Gasteiger charge is 2.42. The molecule has 0 saturated carbocycles. The lowest BCUT2D eigenvalue weighted by atomic mass is 9.79. The molecule has 5 rings (SSSR count). The van der Waals surface area contributed by atoms with E-state index in [1.165, 1.54) is 5.56 Å². The highest BCUT2D eigenvalue weighted by atomic mass is 16.5. The van der Waals surface area contributed by atoms with Gasteiger partial charge in [-0.15, -0.1) is 0 Å². The molecule has 37 heavy (non-hydrogen) atoms. The molecule has 4 aromatic rings. The molecule has 1 aliphatic heterocycles. The average molecular weight is 494 g/mol. The molecule has 4 heteroatoms. The summed E-state index contributed by atoms with van der Waals surface area (Å²) in [4.78, 5) is 2.38. The van der Waals surface area contributed by atoms with E-state index in [4.69, 9.17) is 9.47 Å². The lowest BCUT2D eigenvalue weighted by molar-refractivity contribution is -0.0826. The maximum Gasteiger partial charge on any atom is 0.162 e. The Morgan fingerprint density at radius 3 is 1.86 bits per heavy atom. The first-order valence-electron chi connectivity index (χ1n) is 13.1. The highest BCUT2D eigenvalue weighted by molar-refractivity contribution is 5.45. The number of likely N-dealkylation sites (tertiary alicyclic amines) is 1. The molecular weight excluding hydrogens is 458 g/mol. The van der Waals surface area contributed by atoms with E-state index in [0.29, 0.717) is 31.1 Å². The van der Waals surface area contributed by atoms with Gasteiger partial charge in [-0.1, -0.05) is 97.1 Å². The molecule has 0 aliphatic carbocycles. The van der Waals surface area contributed by atoms with Crippen LogP contribution in [0.15, 0.2) is 109 Å². The van der Waals surface area contributed by atoms with E-state index in [1.54, 1.807) is 0 Å².